The molecule has 1 saturated heterocycles. The second-order valence-electron chi connectivity index (χ2n) is 7.11. The summed E-state index contributed by atoms with van der Waals surface area (Å²) in [5.41, 5.74) is 7.62. The van der Waals surface area contributed by atoms with Gasteiger partial charge >= 0.3 is 5.97 Å². The Morgan fingerprint density at radius 2 is 2.15 bits per heavy atom. The SMILES string of the molecule is NC(C(=O)NC1C(=O)N2C(C(=O)O)=C(CSc3cn[nH]n3)CS[C@H]12)c1ccc(NC=O)cc1. The Kier molecular flexibility index (Phi) is 6.67. The quantitative estimate of drug-likeness (QED) is 0.181. The van der Waals surface area contributed by atoms with Crippen LogP contribution in [0.5, 0.6) is 0 Å². The van der Waals surface area contributed by atoms with E-state index in [-0.39, 0.29) is 5.70 Å². The Labute approximate surface area is 195 Å². The van der Waals surface area contributed by atoms with Crippen LogP contribution < -0.4 is 16.4 Å². The van der Waals surface area contributed by atoms with Crippen LogP contribution in [0.1, 0.15) is 11.6 Å². The number of aliphatic carboxylic acids is 1. The summed E-state index contributed by atoms with van der Waals surface area (Å²) in [6, 6.07) is 4.51. The van der Waals surface area contributed by atoms with E-state index in [0.29, 0.717) is 39.8 Å². The topological polar surface area (TPSA) is 183 Å². The lowest BCUT2D eigenvalue weighted by molar-refractivity contribution is -0.150. The zero-order valence-electron chi connectivity index (χ0n) is 16.9. The number of aromatic nitrogens is 3. The van der Waals surface area contributed by atoms with E-state index in [2.05, 4.69) is 26.0 Å². The van der Waals surface area contributed by atoms with Crippen molar-refractivity contribution in [2.45, 2.75) is 22.5 Å². The number of aromatic amines is 1. The molecule has 0 saturated carbocycles. The molecule has 1 aromatic carbocycles. The number of fused-ring (bicyclic) bond motifs is 1. The Balaban J connectivity index is 1.42. The first-order valence-corrected chi connectivity index (χ1v) is 11.7. The maximum atomic E-state index is 12.8. The van der Waals surface area contributed by atoms with Crippen LogP contribution in [-0.2, 0) is 19.2 Å². The number of carboxylic acids is 1. The minimum absolute atomic E-state index is 0.0622. The second-order valence-corrected chi connectivity index (χ2v) is 9.21. The Morgan fingerprint density at radius 1 is 1.39 bits per heavy atom. The van der Waals surface area contributed by atoms with Gasteiger partial charge in [-0.1, -0.05) is 23.9 Å². The van der Waals surface area contributed by atoms with Gasteiger partial charge in [-0.3, -0.25) is 19.3 Å². The molecule has 2 unspecified atom stereocenters. The van der Waals surface area contributed by atoms with Gasteiger partial charge in [-0.2, -0.15) is 10.3 Å². The molecule has 1 fully saturated rings. The number of carboxylic acid groups (broad SMARTS) is 1. The largest absolute Gasteiger partial charge is 0.477 e. The average molecular weight is 490 g/mol. The van der Waals surface area contributed by atoms with Crippen molar-refractivity contribution in [2.75, 3.05) is 16.8 Å². The number of carbonyl (C=O) groups is 4. The first-order chi connectivity index (χ1) is 15.9. The normalized spacial score (nSPS) is 20.5. The van der Waals surface area contributed by atoms with E-state index in [0.717, 1.165) is 0 Å². The summed E-state index contributed by atoms with van der Waals surface area (Å²) in [6.45, 7) is 0. The number of nitrogens with zero attached hydrogens (tertiary/aromatic N) is 3. The number of hydrogen-bond acceptors (Lipinski definition) is 9. The molecule has 2 aromatic rings. The Hall–Kier alpha value is -3.36. The van der Waals surface area contributed by atoms with Crippen LogP contribution in [0.2, 0.25) is 0 Å². The summed E-state index contributed by atoms with van der Waals surface area (Å²) in [6.07, 6.45) is 2.07. The zero-order chi connectivity index (χ0) is 23.5. The predicted octanol–water partition coefficient (Wildman–Crippen LogP) is -0.0963. The molecule has 14 heteroatoms. The lowest BCUT2D eigenvalue weighted by Crippen LogP contribution is -2.71. The van der Waals surface area contributed by atoms with Gasteiger partial charge in [0.05, 0.1) is 6.20 Å². The van der Waals surface area contributed by atoms with Gasteiger partial charge in [0.1, 0.15) is 28.2 Å². The monoisotopic (exact) mass is 489 g/mol. The molecule has 3 heterocycles. The van der Waals surface area contributed by atoms with Gasteiger partial charge in [-0.25, -0.2) is 4.79 Å². The van der Waals surface area contributed by atoms with Crippen LogP contribution >= 0.6 is 23.5 Å². The second kappa shape index (κ2) is 9.64. The number of amides is 3. The van der Waals surface area contributed by atoms with Crippen LogP contribution in [0.15, 0.2) is 46.8 Å². The highest BCUT2D eigenvalue weighted by atomic mass is 32.2. The van der Waals surface area contributed by atoms with Crippen molar-refractivity contribution < 1.29 is 24.3 Å². The molecule has 4 rings (SSSR count). The van der Waals surface area contributed by atoms with Crippen LogP contribution in [0.3, 0.4) is 0 Å². The number of anilines is 1. The van der Waals surface area contributed by atoms with Gasteiger partial charge < -0.3 is 21.5 Å². The van der Waals surface area contributed by atoms with Gasteiger partial charge in [-0.05, 0) is 23.3 Å². The van der Waals surface area contributed by atoms with Crippen LogP contribution in [-0.4, -0.2) is 72.5 Å². The maximum Gasteiger partial charge on any atom is 0.352 e. The van der Waals surface area contributed by atoms with E-state index in [1.54, 1.807) is 24.3 Å². The smallest absolute Gasteiger partial charge is 0.352 e. The summed E-state index contributed by atoms with van der Waals surface area (Å²) in [7, 11) is 0. The summed E-state index contributed by atoms with van der Waals surface area (Å²) < 4.78 is 0. The number of hydrogen-bond donors (Lipinski definition) is 5. The zero-order valence-corrected chi connectivity index (χ0v) is 18.6. The van der Waals surface area contributed by atoms with E-state index in [1.807, 2.05) is 0 Å². The fourth-order valence-electron chi connectivity index (χ4n) is 3.47. The third-order valence-electron chi connectivity index (χ3n) is 5.11. The summed E-state index contributed by atoms with van der Waals surface area (Å²) in [5.74, 6) is -1.52. The van der Waals surface area contributed by atoms with Crippen molar-refractivity contribution in [3.8, 4) is 0 Å². The van der Waals surface area contributed by atoms with Crippen LogP contribution in [0.4, 0.5) is 5.69 Å². The average Bonchev–Trinajstić information content (AvgIpc) is 3.34. The number of nitrogens with two attached hydrogens (primary N) is 1. The van der Waals surface area contributed by atoms with Gasteiger partial charge in [-0.15, -0.1) is 16.9 Å². The molecule has 3 amide bonds. The van der Waals surface area contributed by atoms with Gasteiger partial charge in [0.15, 0.2) is 0 Å². The highest BCUT2D eigenvalue weighted by Crippen LogP contribution is 2.41. The molecule has 2 aliphatic rings. The number of rotatable bonds is 9. The molecule has 6 N–H and O–H groups in total. The van der Waals surface area contributed by atoms with Gasteiger partial charge in [0.2, 0.25) is 12.3 Å². The molecule has 0 bridgehead atoms. The van der Waals surface area contributed by atoms with E-state index in [9.17, 15) is 24.3 Å². The van der Waals surface area contributed by atoms with E-state index < -0.39 is 35.2 Å². The van der Waals surface area contributed by atoms with E-state index in [4.69, 9.17) is 5.73 Å². The van der Waals surface area contributed by atoms with Crippen molar-refractivity contribution in [1.29, 1.82) is 0 Å². The number of H-pyrrole nitrogens is 1. The maximum absolute atomic E-state index is 12.8. The fourth-order valence-corrected chi connectivity index (χ4v) is 5.73. The number of benzene rings is 1. The van der Waals surface area contributed by atoms with Crippen LogP contribution in [0, 0.1) is 0 Å². The number of thioether (sulfide) groups is 2. The number of nitrogens with one attached hydrogen (secondary N) is 3. The summed E-state index contributed by atoms with van der Waals surface area (Å²) in [4.78, 5) is 49.1. The standard InChI is InChI=1S/C19H19N7O5S2/c20-13(9-1-3-11(4-2-9)21-8-27)16(28)23-14-17(29)26-15(19(30)31)10(7-33-18(14)26)6-32-12-5-22-25-24-12/h1-5,8,13-14,18H,6-7,20H2,(H,21,27)(H,23,28)(H,30,31)(H,22,24,25)/t13?,14?,18-/m1/s1. The molecule has 12 nitrogen and oxygen atoms in total. The molecular formula is C19H19N7O5S2. The molecule has 0 aliphatic carbocycles. The van der Waals surface area contributed by atoms with E-state index in [1.165, 1.54) is 34.6 Å². The number of carbonyl (C=O) groups excluding carboxylic acids is 3. The van der Waals surface area contributed by atoms with E-state index >= 15 is 0 Å². The molecule has 2 aliphatic heterocycles. The van der Waals surface area contributed by atoms with Crippen molar-refractivity contribution in [3.05, 3.63) is 47.3 Å². The first kappa shape index (κ1) is 22.8. The first-order valence-electron chi connectivity index (χ1n) is 9.65. The minimum Gasteiger partial charge on any atom is -0.477 e. The molecule has 172 valence electrons. The van der Waals surface area contributed by atoms with Crippen molar-refractivity contribution in [3.63, 3.8) is 0 Å². The van der Waals surface area contributed by atoms with Gasteiger partial charge in [0.25, 0.3) is 5.91 Å². The molecular weight excluding hydrogens is 470 g/mol. The Bertz CT molecular complexity index is 1110. The molecule has 1 aromatic heterocycles. The fraction of sp³-hybridized carbons (Fsp3) is 0.263. The van der Waals surface area contributed by atoms with Crippen molar-refractivity contribution in [2.24, 2.45) is 5.73 Å². The third kappa shape index (κ3) is 4.58. The lowest BCUT2D eigenvalue weighted by atomic mass is 10.0. The van der Waals surface area contributed by atoms with Crippen molar-refractivity contribution >= 4 is 53.4 Å². The van der Waals surface area contributed by atoms with Crippen molar-refractivity contribution in [1.82, 2.24) is 25.6 Å². The molecule has 3 atom stereocenters. The summed E-state index contributed by atoms with van der Waals surface area (Å²) in [5, 5.41) is 25.1. The number of β-lactam (4-membered cyclic amide) rings is 1. The lowest BCUT2D eigenvalue weighted by Gasteiger charge is -2.49. The molecule has 33 heavy (non-hydrogen) atoms. The summed E-state index contributed by atoms with van der Waals surface area (Å²) >= 11 is 2.69. The van der Waals surface area contributed by atoms with Gasteiger partial charge in [0, 0.05) is 17.2 Å². The molecule has 0 radical (unpaired) electrons. The molecule has 0 spiro atoms. The highest BCUT2D eigenvalue weighted by Gasteiger charge is 2.54. The third-order valence-corrected chi connectivity index (χ3v) is 7.44. The van der Waals surface area contributed by atoms with Crippen LogP contribution in [0.25, 0.3) is 0 Å². The minimum atomic E-state index is -1.20. The predicted molar refractivity (Wildman–Crippen MR) is 120 cm³/mol. The Morgan fingerprint density at radius 3 is 2.79 bits per heavy atom. The highest BCUT2D eigenvalue weighted by molar-refractivity contribution is 8.01.